The van der Waals surface area contributed by atoms with Gasteiger partial charge >= 0.3 is 0 Å². The van der Waals surface area contributed by atoms with Crippen LogP contribution in [0.1, 0.15) is 5.82 Å². The molecule has 122 valence electrons. The summed E-state index contributed by atoms with van der Waals surface area (Å²) in [6.45, 7) is 1.88. The van der Waals surface area contributed by atoms with Crippen molar-refractivity contribution in [2.24, 2.45) is 7.05 Å². The molecule has 6 heteroatoms. The van der Waals surface area contributed by atoms with Gasteiger partial charge in [-0.1, -0.05) is 60.3 Å². The fourth-order valence-electron chi connectivity index (χ4n) is 2.29. The van der Waals surface area contributed by atoms with Crippen LogP contribution in [-0.4, -0.2) is 26.4 Å². The maximum absolute atomic E-state index is 12.3. The number of hydrogen-bond acceptors (Lipinski definition) is 4. The summed E-state index contributed by atoms with van der Waals surface area (Å²) in [5.41, 5.74) is 2.89. The van der Waals surface area contributed by atoms with Crippen LogP contribution < -0.4 is 5.32 Å². The Balaban J connectivity index is 1.70. The smallest absolute Gasteiger partial charge is 0.234 e. The third-order valence-electron chi connectivity index (χ3n) is 3.67. The van der Waals surface area contributed by atoms with Gasteiger partial charge in [0, 0.05) is 18.3 Å². The number of hydrogen-bond donors (Lipinski definition) is 1. The molecule has 1 aromatic heterocycles. The predicted octanol–water partition coefficient (Wildman–Crippen LogP) is 3.52. The first-order chi connectivity index (χ1) is 11.6. The molecule has 0 aliphatic carbocycles. The number of nitrogens with zero attached hydrogens (tertiary/aromatic N) is 3. The molecule has 0 fully saturated rings. The molecular formula is C18H18N4OS. The highest BCUT2D eigenvalue weighted by Crippen LogP contribution is 2.27. The summed E-state index contributed by atoms with van der Waals surface area (Å²) >= 11 is 1.37. The number of thioether (sulfide) groups is 1. The molecule has 0 spiro atoms. The number of benzene rings is 2. The summed E-state index contributed by atoms with van der Waals surface area (Å²) in [7, 11) is 1.89. The van der Waals surface area contributed by atoms with Crippen LogP contribution in [0, 0.1) is 6.92 Å². The molecule has 0 saturated carbocycles. The molecule has 0 atom stereocenters. The second kappa shape index (κ2) is 7.31. The second-order valence-electron chi connectivity index (χ2n) is 5.34. The third kappa shape index (κ3) is 3.65. The minimum Gasteiger partial charge on any atom is -0.325 e. The zero-order valence-corrected chi connectivity index (χ0v) is 14.4. The average molecular weight is 338 g/mol. The SMILES string of the molecule is Cc1nnc(SCC(=O)Nc2ccccc2-c2ccccc2)n1C. The van der Waals surface area contributed by atoms with Gasteiger partial charge in [-0.2, -0.15) is 0 Å². The van der Waals surface area contributed by atoms with E-state index in [0.29, 0.717) is 0 Å². The van der Waals surface area contributed by atoms with Crippen LogP contribution >= 0.6 is 11.8 Å². The Kier molecular flexibility index (Phi) is 4.96. The molecule has 3 rings (SSSR count). The van der Waals surface area contributed by atoms with E-state index >= 15 is 0 Å². The number of nitrogens with one attached hydrogen (secondary N) is 1. The van der Waals surface area contributed by atoms with Crippen LogP contribution in [-0.2, 0) is 11.8 Å². The van der Waals surface area contributed by atoms with Crippen molar-refractivity contribution in [3.8, 4) is 11.1 Å². The van der Waals surface area contributed by atoms with E-state index in [2.05, 4.69) is 15.5 Å². The third-order valence-corrected chi connectivity index (χ3v) is 4.69. The van der Waals surface area contributed by atoms with Crippen molar-refractivity contribution in [2.45, 2.75) is 12.1 Å². The molecule has 1 amide bonds. The highest BCUT2D eigenvalue weighted by atomic mass is 32.2. The first-order valence-electron chi connectivity index (χ1n) is 7.58. The van der Waals surface area contributed by atoms with E-state index < -0.39 is 0 Å². The lowest BCUT2D eigenvalue weighted by molar-refractivity contribution is -0.113. The van der Waals surface area contributed by atoms with Crippen LogP contribution in [0.2, 0.25) is 0 Å². The molecule has 0 unspecified atom stereocenters. The summed E-state index contributed by atoms with van der Waals surface area (Å²) in [6, 6.07) is 17.8. The lowest BCUT2D eigenvalue weighted by atomic mass is 10.0. The summed E-state index contributed by atoms with van der Waals surface area (Å²) in [5, 5.41) is 11.8. The number of carbonyl (C=O) groups excluding carboxylic acids is 1. The minimum atomic E-state index is -0.0657. The van der Waals surface area contributed by atoms with Gasteiger partial charge in [0.2, 0.25) is 5.91 Å². The molecule has 0 bridgehead atoms. The van der Waals surface area contributed by atoms with Gasteiger partial charge in [0.05, 0.1) is 5.75 Å². The quantitative estimate of drug-likeness (QED) is 0.723. The highest BCUT2D eigenvalue weighted by molar-refractivity contribution is 7.99. The standard InChI is InChI=1S/C18H18N4OS/c1-13-20-21-18(22(13)2)24-12-17(23)19-16-11-7-6-10-15(16)14-8-4-3-5-9-14/h3-11H,12H2,1-2H3,(H,19,23). The molecule has 0 aliphatic heterocycles. The Morgan fingerprint density at radius 2 is 1.79 bits per heavy atom. The lowest BCUT2D eigenvalue weighted by Gasteiger charge is -2.11. The van der Waals surface area contributed by atoms with Crippen molar-refractivity contribution >= 4 is 23.4 Å². The number of carbonyl (C=O) groups is 1. The Hall–Kier alpha value is -2.60. The fourth-order valence-corrected chi connectivity index (χ4v) is 3.05. The molecule has 0 saturated heterocycles. The molecule has 5 nitrogen and oxygen atoms in total. The lowest BCUT2D eigenvalue weighted by Crippen LogP contribution is -2.15. The second-order valence-corrected chi connectivity index (χ2v) is 6.28. The topological polar surface area (TPSA) is 59.8 Å². The summed E-state index contributed by atoms with van der Waals surface area (Å²) in [6.07, 6.45) is 0. The van der Waals surface area contributed by atoms with Crippen molar-refractivity contribution in [2.75, 3.05) is 11.1 Å². The van der Waals surface area contributed by atoms with Gasteiger partial charge in [0.1, 0.15) is 5.82 Å². The van der Waals surface area contributed by atoms with E-state index in [0.717, 1.165) is 27.8 Å². The number of aromatic nitrogens is 3. The van der Waals surface area contributed by atoms with Gasteiger partial charge in [0.15, 0.2) is 5.16 Å². The summed E-state index contributed by atoms with van der Waals surface area (Å²) < 4.78 is 1.87. The van der Waals surface area contributed by atoms with Crippen LogP contribution in [0.5, 0.6) is 0 Å². The van der Waals surface area contributed by atoms with E-state index in [1.807, 2.05) is 73.1 Å². The van der Waals surface area contributed by atoms with Gasteiger partial charge in [-0.15, -0.1) is 10.2 Å². The van der Waals surface area contributed by atoms with Gasteiger partial charge < -0.3 is 9.88 Å². The molecule has 24 heavy (non-hydrogen) atoms. The Morgan fingerprint density at radius 1 is 1.08 bits per heavy atom. The number of aryl methyl sites for hydroxylation is 1. The summed E-state index contributed by atoms with van der Waals surface area (Å²) in [5.74, 6) is 1.05. The monoisotopic (exact) mass is 338 g/mol. The molecular weight excluding hydrogens is 320 g/mol. The van der Waals surface area contributed by atoms with Crippen molar-refractivity contribution < 1.29 is 4.79 Å². The van der Waals surface area contributed by atoms with E-state index in [4.69, 9.17) is 0 Å². The fraction of sp³-hybridized carbons (Fsp3) is 0.167. The zero-order valence-electron chi connectivity index (χ0n) is 13.6. The summed E-state index contributed by atoms with van der Waals surface area (Å²) in [4.78, 5) is 12.3. The zero-order chi connectivity index (χ0) is 16.9. The maximum atomic E-state index is 12.3. The minimum absolute atomic E-state index is 0.0657. The molecule has 2 aromatic carbocycles. The Bertz CT molecular complexity index is 845. The molecule has 0 radical (unpaired) electrons. The van der Waals surface area contributed by atoms with Crippen LogP contribution in [0.15, 0.2) is 59.8 Å². The molecule has 1 N–H and O–H groups in total. The van der Waals surface area contributed by atoms with Crippen LogP contribution in [0.4, 0.5) is 5.69 Å². The van der Waals surface area contributed by atoms with E-state index in [-0.39, 0.29) is 11.7 Å². The van der Waals surface area contributed by atoms with E-state index in [9.17, 15) is 4.79 Å². The van der Waals surface area contributed by atoms with Gasteiger partial charge in [0.25, 0.3) is 0 Å². The molecule has 3 aromatic rings. The normalized spacial score (nSPS) is 10.6. The van der Waals surface area contributed by atoms with Gasteiger partial charge in [-0.25, -0.2) is 0 Å². The number of anilines is 1. The molecule has 0 aliphatic rings. The maximum Gasteiger partial charge on any atom is 0.234 e. The van der Waals surface area contributed by atoms with Crippen molar-refractivity contribution in [3.63, 3.8) is 0 Å². The highest BCUT2D eigenvalue weighted by Gasteiger charge is 2.11. The van der Waals surface area contributed by atoms with Gasteiger partial charge in [-0.3, -0.25) is 4.79 Å². The first-order valence-corrected chi connectivity index (χ1v) is 8.57. The van der Waals surface area contributed by atoms with E-state index in [1.54, 1.807) is 0 Å². The van der Waals surface area contributed by atoms with Gasteiger partial charge in [-0.05, 0) is 18.6 Å². The molecule has 1 heterocycles. The van der Waals surface area contributed by atoms with Crippen molar-refractivity contribution in [1.29, 1.82) is 0 Å². The first kappa shape index (κ1) is 16.3. The number of para-hydroxylation sites is 1. The van der Waals surface area contributed by atoms with Crippen molar-refractivity contribution in [3.05, 3.63) is 60.4 Å². The Labute approximate surface area is 145 Å². The van der Waals surface area contributed by atoms with Crippen molar-refractivity contribution in [1.82, 2.24) is 14.8 Å². The van der Waals surface area contributed by atoms with Crippen LogP contribution in [0.25, 0.3) is 11.1 Å². The predicted molar refractivity (Wildman–Crippen MR) is 97.0 cm³/mol. The number of amides is 1. The number of rotatable bonds is 5. The van der Waals surface area contributed by atoms with E-state index in [1.165, 1.54) is 11.8 Å². The van der Waals surface area contributed by atoms with Crippen LogP contribution in [0.3, 0.4) is 0 Å². The Morgan fingerprint density at radius 3 is 2.50 bits per heavy atom. The largest absolute Gasteiger partial charge is 0.325 e. The average Bonchev–Trinajstić information content (AvgIpc) is 2.93.